The molecule has 0 N–H and O–H groups in total. The molecular weight excluding hydrogens is 313 g/mol. The molecule has 1 aliphatic rings. The summed E-state index contributed by atoms with van der Waals surface area (Å²) in [6.07, 6.45) is 10.8. The van der Waals surface area contributed by atoms with E-state index in [4.69, 9.17) is 0 Å². The largest absolute Gasteiger partial charge is 0.224 e. The molecule has 0 aromatic rings. The third-order valence-corrected chi connectivity index (χ3v) is 1.92. The first kappa shape index (κ1) is 13.3. The predicted molar refractivity (Wildman–Crippen MR) is 53.2 cm³/mol. The molecule has 0 bridgehead atoms. The number of hydrogen-bond donors (Lipinski definition) is 0. The second-order valence-corrected chi connectivity index (χ2v) is 4.01. The molecule has 1 aliphatic heterocycles. The topological polar surface area (TPSA) is 3.01 Å². The molecule has 0 aliphatic carbocycles. The van der Waals surface area contributed by atoms with Crippen molar-refractivity contribution in [3.8, 4) is 0 Å². The van der Waals surface area contributed by atoms with Crippen LogP contribution in [0.4, 0.5) is 0 Å². The average Bonchev–Trinajstić information content (AvgIpc) is 1.96. The second-order valence-electron chi connectivity index (χ2n) is 4.01. The summed E-state index contributed by atoms with van der Waals surface area (Å²) in [6.45, 7) is 6.52. The Hall–Kier alpha value is 0.267. The van der Waals surface area contributed by atoms with Crippen LogP contribution in [0.1, 0.15) is 20.8 Å². The van der Waals surface area contributed by atoms with E-state index >= 15 is 0 Å². The van der Waals surface area contributed by atoms with Gasteiger partial charge >= 0.3 is 0 Å². The molecule has 0 aromatic carbocycles. The Morgan fingerprint density at radius 1 is 1.23 bits per heavy atom. The van der Waals surface area contributed by atoms with Crippen molar-refractivity contribution in [3.05, 3.63) is 30.3 Å². The van der Waals surface area contributed by atoms with E-state index in [2.05, 4.69) is 63.0 Å². The molecule has 2 heteroatoms. The Morgan fingerprint density at radius 2 is 1.85 bits per heavy atom. The van der Waals surface area contributed by atoms with E-state index in [1.165, 1.54) is 5.92 Å². The van der Waals surface area contributed by atoms with Gasteiger partial charge in [-0.2, -0.15) is 0 Å². The van der Waals surface area contributed by atoms with Crippen molar-refractivity contribution >= 4 is 6.21 Å². The summed E-state index contributed by atoms with van der Waals surface area (Å²) in [7, 11) is 2.05. The van der Waals surface area contributed by atoms with Gasteiger partial charge in [0.15, 0.2) is 6.20 Å². The minimum atomic E-state index is 0. The SMILES string of the molecule is C[C-]1C=[N+](C)/C=C\C(C)(C)/C=C\1.[Er]. The van der Waals surface area contributed by atoms with Crippen molar-refractivity contribution in [2.75, 3.05) is 7.05 Å². The van der Waals surface area contributed by atoms with Crippen molar-refractivity contribution in [2.45, 2.75) is 20.8 Å². The third kappa shape index (κ3) is 4.89. The van der Waals surface area contributed by atoms with Crippen LogP contribution in [0.15, 0.2) is 24.4 Å². The van der Waals surface area contributed by atoms with Crippen LogP contribution in [0.25, 0.3) is 0 Å². The second kappa shape index (κ2) is 5.22. The summed E-state index contributed by atoms with van der Waals surface area (Å²) >= 11 is 0. The zero-order valence-corrected chi connectivity index (χ0v) is 10.5. The van der Waals surface area contributed by atoms with Crippen LogP contribution in [0.5, 0.6) is 0 Å². The van der Waals surface area contributed by atoms with Crippen LogP contribution in [0.3, 0.4) is 0 Å². The summed E-state index contributed by atoms with van der Waals surface area (Å²) in [5.74, 6) is 1.29. The van der Waals surface area contributed by atoms with E-state index in [9.17, 15) is 0 Å². The molecule has 0 fully saturated rings. The van der Waals surface area contributed by atoms with Gasteiger partial charge in [0.1, 0.15) is 7.05 Å². The van der Waals surface area contributed by atoms with Crippen molar-refractivity contribution in [2.24, 2.45) is 5.41 Å². The number of rotatable bonds is 0. The van der Waals surface area contributed by atoms with Crippen LogP contribution in [0, 0.1) is 48.6 Å². The van der Waals surface area contributed by atoms with Crippen LogP contribution >= 0.6 is 0 Å². The van der Waals surface area contributed by atoms with Gasteiger partial charge in [-0.15, -0.1) is 12.8 Å². The van der Waals surface area contributed by atoms with Gasteiger partial charge in [-0.1, -0.05) is 19.3 Å². The van der Waals surface area contributed by atoms with Crippen molar-refractivity contribution in [1.29, 1.82) is 0 Å². The number of hydrogen-bond acceptors (Lipinski definition) is 0. The van der Waals surface area contributed by atoms with Gasteiger partial charge in [-0.05, 0) is 6.08 Å². The molecule has 0 saturated heterocycles. The Kier molecular flexibility index (Phi) is 5.33. The van der Waals surface area contributed by atoms with Crippen molar-refractivity contribution < 1.29 is 41.9 Å². The van der Waals surface area contributed by atoms with Gasteiger partial charge in [-0.3, -0.25) is 0 Å². The van der Waals surface area contributed by atoms with Crippen LogP contribution in [-0.2, 0) is 0 Å². The van der Waals surface area contributed by atoms with E-state index in [1.807, 2.05) is 0 Å². The molecule has 0 unspecified atom stereocenters. The molecule has 0 atom stereocenters. The third-order valence-electron chi connectivity index (χ3n) is 1.92. The molecule has 0 radical (unpaired) electrons. The predicted octanol–water partition coefficient (Wildman–Crippen LogP) is 2.40. The molecule has 1 heterocycles. The van der Waals surface area contributed by atoms with E-state index in [-0.39, 0.29) is 42.7 Å². The van der Waals surface area contributed by atoms with E-state index < -0.39 is 0 Å². The average molecular weight is 331 g/mol. The number of nitrogens with zero attached hydrogens (tertiary/aromatic N) is 1. The summed E-state index contributed by atoms with van der Waals surface area (Å²) < 4.78 is 2.08. The van der Waals surface area contributed by atoms with Gasteiger partial charge in [0, 0.05) is 37.3 Å². The summed E-state index contributed by atoms with van der Waals surface area (Å²) in [4.78, 5) is 0. The first-order valence-corrected chi connectivity index (χ1v) is 4.28. The quantitative estimate of drug-likeness (QED) is 0.474. The van der Waals surface area contributed by atoms with E-state index in [0.29, 0.717) is 0 Å². The van der Waals surface area contributed by atoms with Crippen molar-refractivity contribution in [1.82, 2.24) is 0 Å². The Balaban J connectivity index is 0.00000144. The van der Waals surface area contributed by atoms with E-state index in [0.717, 1.165) is 0 Å². The molecule has 1 rings (SSSR count). The summed E-state index contributed by atoms with van der Waals surface area (Å²) in [6, 6.07) is 0. The zero-order valence-electron chi connectivity index (χ0n) is 8.62. The van der Waals surface area contributed by atoms with Gasteiger partial charge in [0.05, 0.1) is 6.21 Å². The fraction of sp³-hybridized carbons (Fsp3) is 0.455. The minimum Gasteiger partial charge on any atom is -0.224 e. The fourth-order valence-electron chi connectivity index (χ4n) is 1.12. The molecule has 0 spiro atoms. The van der Waals surface area contributed by atoms with Crippen LogP contribution in [0.2, 0.25) is 0 Å². The summed E-state index contributed by atoms with van der Waals surface area (Å²) in [5, 5.41) is 0. The molecule has 1 nitrogen and oxygen atoms in total. The van der Waals surface area contributed by atoms with Crippen molar-refractivity contribution in [3.63, 3.8) is 0 Å². The number of allylic oxidation sites excluding steroid dienone is 3. The van der Waals surface area contributed by atoms with E-state index in [1.54, 1.807) is 0 Å². The molecular formula is C11H17ErN. The van der Waals surface area contributed by atoms with Crippen LogP contribution in [-0.4, -0.2) is 17.8 Å². The maximum absolute atomic E-state index is 2.22. The Labute approximate surface area is 111 Å². The maximum atomic E-state index is 2.22. The molecule has 13 heavy (non-hydrogen) atoms. The first-order chi connectivity index (χ1) is 5.49. The maximum Gasteiger partial charge on any atom is 0.162 e. The molecule has 0 aromatic heterocycles. The zero-order chi connectivity index (χ0) is 9.19. The van der Waals surface area contributed by atoms with Gasteiger partial charge in [-0.25, -0.2) is 16.7 Å². The Bertz CT molecular complexity index is 249. The van der Waals surface area contributed by atoms with Crippen LogP contribution < -0.4 is 0 Å². The standard InChI is InChI=1S/C11H17N.Er/c1-10-5-6-11(2,3)7-8-12(4)9-10;/h5-9H,1-4H3;/b6-5-,8-7-,12-9?;. The van der Waals surface area contributed by atoms with Gasteiger partial charge < -0.3 is 0 Å². The van der Waals surface area contributed by atoms with Gasteiger partial charge in [0.2, 0.25) is 0 Å². The van der Waals surface area contributed by atoms with Gasteiger partial charge in [0.25, 0.3) is 0 Å². The Morgan fingerprint density at radius 3 is 2.46 bits per heavy atom. The minimum absolute atomic E-state index is 0. The smallest absolute Gasteiger partial charge is 0.162 e. The monoisotopic (exact) mass is 329 g/mol. The first-order valence-electron chi connectivity index (χ1n) is 4.28. The molecule has 78 valence electrons. The molecule has 0 amide bonds. The fourth-order valence-corrected chi connectivity index (χ4v) is 1.12. The molecule has 0 saturated carbocycles. The summed E-state index contributed by atoms with van der Waals surface area (Å²) in [5.41, 5.74) is 0.170. The normalized spacial score (nSPS) is 24.9.